The van der Waals surface area contributed by atoms with Gasteiger partial charge in [-0.1, -0.05) is 12.1 Å². The highest BCUT2D eigenvalue weighted by Crippen LogP contribution is 2.39. The van der Waals surface area contributed by atoms with Gasteiger partial charge in [0, 0.05) is 62.2 Å². The normalized spacial score (nSPS) is 19.6. The van der Waals surface area contributed by atoms with Gasteiger partial charge in [-0.2, -0.15) is 0 Å². The molecule has 3 aliphatic rings. The van der Waals surface area contributed by atoms with E-state index in [2.05, 4.69) is 61.6 Å². The fourth-order valence-corrected chi connectivity index (χ4v) is 5.65. The molecule has 1 aromatic heterocycles. The summed E-state index contributed by atoms with van der Waals surface area (Å²) in [7, 11) is 2.14. The molecule has 2 amide bonds. The van der Waals surface area contributed by atoms with Crippen LogP contribution in [0, 0.1) is 0 Å². The molecule has 0 spiro atoms. The van der Waals surface area contributed by atoms with Crippen LogP contribution in [0.2, 0.25) is 0 Å². The maximum absolute atomic E-state index is 12.9. The van der Waals surface area contributed by atoms with Crippen molar-refractivity contribution >= 4 is 34.8 Å². The van der Waals surface area contributed by atoms with Crippen LogP contribution in [0.25, 0.3) is 0 Å². The second kappa shape index (κ2) is 11.7. The molecule has 214 valence electrons. The van der Waals surface area contributed by atoms with E-state index in [9.17, 15) is 9.59 Å². The van der Waals surface area contributed by atoms with Crippen molar-refractivity contribution in [3.8, 4) is 0 Å². The summed E-state index contributed by atoms with van der Waals surface area (Å²) in [6.45, 7) is 5.46. The fraction of sp³-hybridized carbons (Fsp3) is 0.419. The van der Waals surface area contributed by atoms with E-state index in [1.807, 2.05) is 24.3 Å². The zero-order chi connectivity index (χ0) is 28.3. The lowest BCUT2D eigenvalue weighted by Crippen LogP contribution is -2.48. The Morgan fingerprint density at radius 2 is 1.63 bits per heavy atom. The third-order valence-corrected chi connectivity index (χ3v) is 8.29. The van der Waals surface area contributed by atoms with E-state index in [1.54, 1.807) is 6.20 Å². The van der Waals surface area contributed by atoms with Gasteiger partial charge in [0.1, 0.15) is 5.82 Å². The number of benzene rings is 2. The number of aromatic nitrogens is 2. The Balaban J connectivity index is 1.12. The van der Waals surface area contributed by atoms with Gasteiger partial charge in [-0.25, -0.2) is 9.97 Å². The van der Waals surface area contributed by atoms with Gasteiger partial charge in [-0.05, 0) is 80.6 Å². The summed E-state index contributed by atoms with van der Waals surface area (Å²) in [5.74, 6) is 0.930. The highest BCUT2D eigenvalue weighted by molar-refractivity contribution is 5.96. The molecule has 1 aliphatic carbocycles. The number of piperidine rings is 1. The Morgan fingerprint density at radius 1 is 0.902 bits per heavy atom. The van der Waals surface area contributed by atoms with E-state index in [1.165, 1.54) is 24.1 Å². The molecule has 3 aromatic rings. The Bertz CT molecular complexity index is 1380. The zero-order valence-corrected chi connectivity index (χ0v) is 23.6. The van der Waals surface area contributed by atoms with Crippen molar-refractivity contribution in [3.05, 3.63) is 71.5 Å². The minimum absolute atomic E-state index is 0.0181. The van der Waals surface area contributed by atoms with Crippen molar-refractivity contribution < 1.29 is 9.59 Å². The maximum atomic E-state index is 12.9. The lowest BCUT2D eigenvalue weighted by Gasteiger charge is -2.34. The van der Waals surface area contributed by atoms with Crippen LogP contribution < -0.4 is 26.2 Å². The van der Waals surface area contributed by atoms with Gasteiger partial charge >= 0.3 is 0 Å². The van der Waals surface area contributed by atoms with Crippen LogP contribution in [-0.2, 0) is 0 Å². The van der Waals surface area contributed by atoms with Crippen LogP contribution in [0.1, 0.15) is 58.0 Å². The van der Waals surface area contributed by atoms with Gasteiger partial charge in [0.05, 0.1) is 6.20 Å². The highest BCUT2D eigenvalue weighted by atomic mass is 16.2. The van der Waals surface area contributed by atoms with Crippen LogP contribution >= 0.6 is 0 Å². The summed E-state index contributed by atoms with van der Waals surface area (Å²) in [5, 5.41) is 6.45. The first-order chi connectivity index (χ1) is 19.9. The average Bonchev–Trinajstić information content (AvgIpc) is 3.84. The van der Waals surface area contributed by atoms with E-state index in [-0.39, 0.29) is 17.6 Å². The number of primary amides is 1. The molecule has 10 heteroatoms. The Labute approximate surface area is 240 Å². The predicted molar refractivity (Wildman–Crippen MR) is 161 cm³/mol. The van der Waals surface area contributed by atoms with Crippen LogP contribution in [-0.4, -0.2) is 79.0 Å². The molecule has 3 heterocycles. The number of nitrogens with zero attached hydrogens (tertiary/aromatic N) is 5. The first kappa shape index (κ1) is 27.0. The monoisotopic (exact) mass is 554 g/mol. The highest BCUT2D eigenvalue weighted by Gasteiger charge is 2.26. The number of carbonyl (C=O) groups is 2. The van der Waals surface area contributed by atoms with E-state index < -0.39 is 5.91 Å². The molecule has 1 atom stereocenters. The molecule has 3 fully saturated rings. The van der Waals surface area contributed by atoms with Crippen LogP contribution in [0.4, 0.5) is 23.0 Å². The molecule has 0 unspecified atom stereocenters. The van der Waals surface area contributed by atoms with Gasteiger partial charge in [-0.3, -0.25) is 9.59 Å². The Hall–Kier alpha value is -4.18. The quantitative estimate of drug-likeness (QED) is 0.388. The van der Waals surface area contributed by atoms with E-state index in [4.69, 9.17) is 10.7 Å². The van der Waals surface area contributed by atoms with Crippen LogP contribution in [0.15, 0.2) is 54.7 Å². The number of amides is 2. The predicted octanol–water partition coefficient (Wildman–Crippen LogP) is 3.35. The Kier molecular flexibility index (Phi) is 7.74. The van der Waals surface area contributed by atoms with Crippen molar-refractivity contribution in [1.82, 2.24) is 20.2 Å². The second-order valence-corrected chi connectivity index (χ2v) is 11.4. The Morgan fingerprint density at radius 3 is 2.32 bits per heavy atom. The largest absolute Gasteiger partial charge is 0.369 e. The number of nitrogens with two attached hydrogens (primary N) is 1. The summed E-state index contributed by atoms with van der Waals surface area (Å²) in [5.41, 5.74) is 9.69. The second-order valence-electron chi connectivity index (χ2n) is 11.4. The topological polar surface area (TPSA) is 120 Å². The van der Waals surface area contributed by atoms with Crippen LogP contribution in [0.5, 0.6) is 0 Å². The molecule has 41 heavy (non-hydrogen) atoms. The molecular weight excluding hydrogens is 516 g/mol. The smallest absolute Gasteiger partial charge is 0.271 e. The van der Waals surface area contributed by atoms with E-state index in [0.717, 1.165) is 51.3 Å². The average molecular weight is 555 g/mol. The van der Waals surface area contributed by atoms with Gasteiger partial charge in [0.2, 0.25) is 0 Å². The van der Waals surface area contributed by atoms with Gasteiger partial charge in [0.15, 0.2) is 11.5 Å². The third kappa shape index (κ3) is 6.43. The van der Waals surface area contributed by atoms with Crippen LogP contribution in [0.3, 0.4) is 0 Å². The minimum atomic E-state index is -0.642. The number of rotatable bonds is 8. The van der Waals surface area contributed by atoms with E-state index >= 15 is 0 Å². The minimum Gasteiger partial charge on any atom is -0.369 e. The number of hydrogen-bond acceptors (Lipinski definition) is 8. The number of likely N-dealkylation sites (N-methyl/N-ethyl adjacent to an activating group) is 1. The van der Waals surface area contributed by atoms with Crippen molar-refractivity contribution in [1.29, 1.82) is 0 Å². The van der Waals surface area contributed by atoms with E-state index in [0.29, 0.717) is 29.7 Å². The summed E-state index contributed by atoms with van der Waals surface area (Å²) < 4.78 is 0. The maximum Gasteiger partial charge on any atom is 0.271 e. The van der Waals surface area contributed by atoms with Crippen molar-refractivity contribution in [2.45, 2.75) is 37.6 Å². The molecule has 0 bridgehead atoms. The molecule has 4 N–H and O–H groups in total. The SMILES string of the molecule is CN1CCN(c2ccc(Nc3nc(N4CCC[C@@H](NC(=O)c5ccc(C6CC6)cc5)C4)cnc3C(N)=O)cc2)CC1. The zero-order valence-electron chi connectivity index (χ0n) is 23.6. The first-order valence-corrected chi connectivity index (χ1v) is 14.6. The molecule has 2 aliphatic heterocycles. The number of piperazine rings is 1. The molecule has 2 saturated heterocycles. The van der Waals surface area contributed by atoms with Gasteiger partial charge in [0.25, 0.3) is 11.8 Å². The molecule has 1 saturated carbocycles. The molecule has 6 rings (SSSR count). The van der Waals surface area contributed by atoms with Crippen molar-refractivity contribution in [2.24, 2.45) is 5.73 Å². The molecule has 0 radical (unpaired) electrons. The lowest BCUT2D eigenvalue weighted by atomic mass is 10.0. The molecule has 10 nitrogen and oxygen atoms in total. The van der Waals surface area contributed by atoms with Gasteiger partial charge < -0.3 is 31.1 Å². The number of anilines is 4. The summed E-state index contributed by atoms with van der Waals surface area (Å²) >= 11 is 0. The number of hydrogen-bond donors (Lipinski definition) is 3. The lowest BCUT2D eigenvalue weighted by molar-refractivity contribution is 0.0932. The first-order valence-electron chi connectivity index (χ1n) is 14.6. The molecular formula is C31H38N8O2. The standard InChI is InChI=1S/C31H38N8O2/c1-37-15-17-38(18-16-37)26-12-10-24(11-13-26)34-30-28(29(32)40)33-19-27(36-30)39-14-2-3-25(20-39)35-31(41)23-8-6-22(7-9-23)21-4-5-21/h6-13,19,21,25H,2-5,14-18,20H2,1H3,(H2,32,40)(H,34,36)(H,35,41)/t25-/m1/s1. The van der Waals surface area contributed by atoms with Crippen molar-refractivity contribution in [2.75, 3.05) is 61.4 Å². The number of nitrogens with one attached hydrogen (secondary N) is 2. The summed E-state index contributed by atoms with van der Waals surface area (Å²) in [4.78, 5) is 41.0. The fourth-order valence-electron chi connectivity index (χ4n) is 5.65. The summed E-state index contributed by atoms with van der Waals surface area (Å²) in [6, 6.07) is 16.1. The third-order valence-electron chi connectivity index (χ3n) is 8.29. The van der Waals surface area contributed by atoms with Crippen molar-refractivity contribution in [3.63, 3.8) is 0 Å². The summed E-state index contributed by atoms with van der Waals surface area (Å²) in [6.07, 6.45) is 5.87. The number of carbonyl (C=O) groups excluding carboxylic acids is 2. The molecule has 2 aromatic carbocycles. The van der Waals surface area contributed by atoms with Gasteiger partial charge in [-0.15, -0.1) is 0 Å².